The molecule has 1 nitrogen and oxygen atoms in total. The van der Waals surface area contributed by atoms with Crippen molar-refractivity contribution in [2.45, 2.75) is 73.1 Å². The van der Waals surface area contributed by atoms with Crippen molar-refractivity contribution >= 4 is 5.78 Å². The summed E-state index contributed by atoms with van der Waals surface area (Å²) in [5.41, 5.74) is 8.27. The van der Waals surface area contributed by atoms with Crippen molar-refractivity contribution in [1.82, 2.24) is 0 Å². The number of Topliss-reactive ketones (excluding diaryl/α,β-unsaturated/α-hetero) is 1. The Morgan fingerprint density at radius 3 is 2.00 bits per heavy atom. The lowest BCUT2D eigenvalue weighted by molar-refractivity contribution is -0.122. The minimum Gasteiger partial charge on any atom is -0.299 e. The predicted molar refractivity (Wildman–Crippen MR) is 103 cm³/mol. The lowest BCUT2D eigenvalue weighted by Gasteiger charge is -2.32. The number of carbonyl (C=O) groups is 1. The number of hydrogen-bond donors (Lipinski definition) is 0. The highest BCUT2D eigenvalue weighted by Crippen LogP contribution is 2.40. The van der Waals surface area contributed by atoms with Gasteiger partial charge in [0.25, 0.3) is 0 Å². The van der Waals surface area contributed by atoms with E-state index in [9.17, 15) is 4.79 Å². The first-order valence-electron chi connectivity index (χ1n) is 9.17. The molecule has 0 aromatic heterocycles. The fraction of sp³-hybridized carbons (Fsp3) is 0.522. The number of ketones is 1. The van der Waals surface area contributed by atoms with Crippen LogP contribution in [0.1, 0.15) is 77.8 Å². The molecule has 1 unspecified atom stereocenters. The van der Waals surface area contributed by atoms with E-state index in [1.165, 1.54) is 33.4 Å². The van der Waals surface area contributed by atoms with Gasteiger partial charge in [-0.2, -0.15) is 0 Å². The molecule has 0 aliphatic heterocycles. The van der Waals surface area contributed by atoms with E-state index < -0.39 is 0 Å². The largest absolute Gasteiger partial charge is 0.299 e. The van der Waals surface area contributed by atoms with Gasteiger partial charge in [0, 0.05) is 12.3 Å². The topological polar surface area (TPSA) is 17.1 Å². The zero-order valence-electron chi connectivity index (χ0n) is 16.2. The van der Waals surface area contributed by atoms with Crippen LogP contribution in [-0.4, -0.2) is 5.78 Å². The molecular weight excluding hydrogens is 292 g/mol. The van der Waals surface area contributed by atoms with E-state index in [1.54, 1.807) is 0 Å². The second-order valence-electron chi connectivity index (χ2n) is 7.87. The molecule has 0 spiro atoms. The summed E-state index contributed by atoms with van der Waals surface area (Å²) in [5.74, 6) is 0.851. The monoisotopic (exact) mass is 324 g/mol. The lowest BCUT2D eigenvalue weighted by atomic mass is 9.70. The number of benzene rings is 1. The van der Waals surface area contributed by atoms with Gasteiger partial charge in [0.1, 0.15) is 5.78 Å². The van der Waals surface area contributed by atoms with Crippen LogP contribution >= 0.6 is 0 Å². The molecule has 0 saturated carbocycles. The van der Waals surface area contributed by atoms with Gasteiger partial charge in [0.2, 0.25) is 0 Å². The number of aryl methyl sites for hydroxylation is 1. The molecule has 0 radical (unpaired) electrons. The first-order chi connectivity index (χ1) is 11.3. The molecule has 130 valence electrons. The van der Waals surface area contributed by atoms with Crippen LogP contribution in [0.5, 0.6) is 0 Å². The van der Waals surface area contributed by atoms with Gasteiger partial charge in [-0.05, 0) is 77.8 Å². The van der Waals surface area contributed by atoms with Crippen molar-refractivity contribution in [3.05, 3.63) is 57.7 Å². The highest BCUT2D eigenvalue weighted by Gasteiger charge is 2.34. The first kappa shape index (κ1) is 18.7. The summed E-state index contributed by atoms with van der Waals surface area (Å²) in [7, 11) is 0. The molecule has 2 rings (SSSR count). The summed E-state index contributed by atoms with van der Waals surface area (Å²) in [6.07, 6.45) is 3.62. The van der Waals surface area contributed by atoms with E-state index in [2.05, 4.69) is 65.8 Å². The number of allylic oxidation sites excluding steroid dienone is 4. The van der Waals surface area contributed by atoms with Gasteiger partial charge in [-0.15, -0.1) is 0 Å². The third-order valence-corrected chi connectivity index (χ3v) is 5.69. The third kappa shape index (κ3) is 4.26. The van der Waals surface area contributed by atoms with Crippen molar-refractivity contribution in [1.29, 1.82) is 0 Å². The normalized spacial score (nSPS) is 16.8. The molecule has 0 N–H and O–H groups in total. The fourth-order valence-electron chi connectivity index (χ4n) is 3.67. The Morgan fingerprint density at radius 1 is 0.917 bits per heavy atom. The molecular formula is C23H32O. The molecule has 0 amide bonds. The van der Waals surface area contributed by atoms with E-state index in [0.29, 0.717) is 18.1 Å². The summed E-state index contributed by atoms with van der Waals surface area (Å²) >= 11 is 0. The number of carbonyl (C=O) groups excluding carboxylic acids is 1. The quantitative estimate of drug-likeness (QED) is 0.573. The fourth-order valence-corrected chi connectivity index (χ4v) is 3.67. The molecule has 1 aliphatic carbocycles. The van der Waals surface area contributed by atoms with Crippen LogP contribution in [0.15, 0.2) is 46.6 Å². The Bertz CT molecular complexity index is 641. The number of hydrogen-bond acceptors (Lipinski definition) is 1. The molecule has 1 aromatic rings. The average Bonchev–Trinajstić information content (AvgIpc) is 2.53. The van der Waals surface area contributed by atoms with Gasteiger partial charge in [0.05, 0.1) is 0 Å². The van der Waals surface area contributed by atoms with Crippen molar-refractivity contribution in [2.75, 3.05) is 0 Å². The first-order valence-corrected chi connectivity index (χ1v) is 9.17. The number of fused-ring (bicyclic) bond motifs is 1. The highest BCUT2D eigenvalue weighted by molar-refractivity contribution is 5.88. The zero-order valence-corrected chi connectivity index (χ0v) is 16.2. The van der Waals surface area contributed by atoms with Gasteiger partial charge < -0.3 is 0 Å². The maximum absolute atomic E-state index is 12.9. The Kier molecular flexibility index (Phi) is 6.21. The maximum atomic E-state index is 12.9. The van der Waals surface area contributed by atoms with Crippen LogP contribution in [0.25, 0.3) is 0 Å². The van der Waals surface area contributed by atoms with Crippen LogP contribution in [0.3, 0.4) is 0 Å². The van der Waals surface area contributed by atoms with Crippen LogP contribution in [0.2, 0.25) is 0 Å². The molecule has 0 fully saturated rings. The SMILES string of the molecule is CC(C)=C(C)CC(CC(C)=C(C)C)C1C(=O)CCc2ccccc21. The smallest absolute Gasteiger partial charge is 0.140 e. The Hall–Kier alpha value is -1.63. The minimum atomic E-state index is 0.0542. The van der Waals surface area contributed by atoms with Crippen molar-refractivity contribution in [3.8, 4) is 0 Å². The Morgan fingerprint density at radius 2 is 1.46 bits per heavy atom. The summed E-state index contributed by atoms with van der Waals surface area (Å²) in [6, 6.07) is 8.57. The van der Waals surface area contributed by atoms with Crippen LogP contribution in [0, 0.1) is 5.92 Å². The molecule has 1 atom stereocenters. The van der Waals surface area contributed by atoms with E-state index in [4.69, 9.17) is 0 Å². The summed E-state index contributed by atoms with van der Waals surface area (Å²) in [5, 5.41) is 0. The van der Waals surface area contributed by atoms with Crippen molar-refractivity contribution in [3.63, 3.8) is 0 Å². The molecule has 1 heteroatoms. The zero-order chi connectivity index (χ0) is 17.9. The van der Waals surface area contributed by atoms with E-state index in [-0.39, 0.29) is 5.92 Å². The van der Waals surface area contributed by atoms with Crippen molar-refractivity contribution in [2.24, 2.45) is 5.92 Å². The van der Waals surface area contributed by atoms with Gasteiger partial charge in [-0.1, -0.05) is 46.6 Å². The van der Waals surface area contributed by atoms with Crippen molar-refractivity contribution < 1.29 is 4.79 Å². The molecule has 0 saturated heterocycles. The molecule has 1 aliphatic rings. The van der Waals surface area contributed by atoms with Gasteiger partial charge >= 0.3 is 0 Å². The average molecular weight is 325 g/mol. The summed E-state index contributed by atoms with van der Waals surface area (Å²) in [4.78, 5) is 12.9. The van der Waals surface area contributed by atoms with E-state index >= 15 is 0 Å². The standard InChI is InChI=1S/C23H32O/c1-15(2)17(5)13-20(14-18(6)16(3)4)23-21-10-8-7-9-19(21)11-12-22(23)24/h7-10,20,23H,11-14H2,1-6H3. The maximum Gasteiger partial charge on any atom is 0.140 e. The second kappa shape index (κ2) is 7.96. The number of rotatable bonds is 5. The molecule has 0 heterocycles. The van der Waals surface area contributed by atoms with Crippen LogP contribution in [-0.2, 0) is 11.2 Å². The van der Waals surface area contributed by atoms with Crippen LogP contribution in [0.4, 0.5) is 0 Å². The summed E-state index contributed by atoms with van der Waals surface area (Å²) < 4.78 is 0. The van der Waals surface area contributed by atoms with E-state index in [1.807, 2.05) is 0 Å². The molecule has 24 heavy (non-hydrogen) atoms. The Balaban J connectivity index is 2.44. The second-order valence-corrected chi connectivity index (χ2v) is 7.87. The van der Waals surface area contributed by atoms with Gasteiger partial charge in [0.15, 0.2) is 0 Å². The van der Waals surface area contributed by atoms with E-state index in [0.717, 1.165) is 19.3 Å². The van der Waals surface area contributed by atoms with Gasteiger partial charge in [-0.3, -0.25) is 4.79 Å². The summed E-state index contributed by atoms with van der Waals surface area (Å²) in [6.45, 7) is 13.2. The lowest BCUT2D eigenvalue weighted by Crippen LogP contribution is -2.28. The molecule has 0 bridgehead atoms. The highest BCUT2D eigenvalue weighted by atomic mass is 16.1. The molecule has 1 aromatic carbocycles. The minimum absolute atomic E-state index is 0.0542. The predicted octanol–water partition coefficient (Wildman–Crippen LogP) is 6.39. The van der Waals surface area contributed by atoms with Gasteiger partial charge in [-0.25, -0.2) is 0 Å². The Labute approximate surface area is 147 Å². The van der Waals surface area contributed by atoms with Crippen LogP contribution < -0.4 is 0 Å². The third-order valence-electron chi connectivity index (χ3n) is 5.69.